The van der Waals surface area contributed by atoms with Crippen LogP contribution in [0, 0.1) is 0 Å². The summed E-state index contributed by atoms with van der Waals surface area (Å²) in [7, 11) is 1.80. The molecule has 1 aliphatic heterocycles. The summed E-state index contributed by atoms with van der Waals surface area (Å²) in [4.78, 5) is 24.5. The number of nitrogens with two attached hydrogens (primary N) is 1. The zero-order chi connectivity index (χ0) is 18.4. The van der Waals surface area contributed by atoms with Crippen molar-refractivity contribution >= 4 is 17.7 Å². The van der Waals surface area contributed by atoms with Gasteiger partial charge in [0, 0.05) is 51.5 Å². The van der Waals surface area contributed by atoms with Gasteiger partial charge in [-0.1, -0.05) is 18.2 Å². The summed E-state index contributed by atoms with van der Waals surface area (Å²) in [6, 6.07) is 13.3. The lowest BCUT2D eigenvalue weighted by Gasteiger charge is -2.37. The standard InChI is InChI=1S/C19H24N6O/c1-21-19(23-14-15-5-7-16(8-6-15)18(20)26)25-12-10-24(11-13-25)17-4-2-3-9-22-17/h2-9H,10-14H2,1H3,(H2,20,26)(H,21,23). The van der Waals surface area contributed by atoms with Gasteiger partial charge in [0.15, 0.2) is 5.96 Å². The molecule has 1 aromatic carbocycles. The molecule has 26 heavy (non-hydrogen) atoms. The Morgan fingerprint density at radius 1 is 1.15 bits per heavy atom. The van der Waals surface area contributed by atoms with Gasteiger partial charge < -0.3 is 20.9 Å². The highest BCUT2D eigenvalue weighted by Crippen LogP contribution is 2.12. The number of aromatic nitrogens is 1. The summed E-state index contributed by atoms with van der Waals surface area (Å²) in [6.07, 6.45) is 1.83. The maximum atomic E-state index is 11.1. The number of amides is 1. The number of rotatable bonds is 4. The fraction of sp³-hybridized carbons (Fsp3) is 0.316. The van der Waals surface area contributed by atoms with Gasteiger partial charge in [0.1, 0.15) is 5.82 Å². The first-order valence-corrected chi connectivity index (χ1v) is 8.67. The Hall–Kier alpha value is -3.09. The number of nitrogens with zero attached hydrogens (tertiary/aromatic N) is 4. The molecule has 1 amide bonds. The number of pyridine rings is 1. The number of carbonyl (C=O) groups is 1. The van der Waals surface area contributed by atoms with Gasteiger partial charge in [-0.3, -0.25) is 9.79 Å². The Bertz CT molecular complexity index is 751. The zero-order valence-corrected chi connectivity index (χ0v) is 14.9. The van der Waals surface area contributed by atoms with Crippen molar-refractivity contribution in [3.05, 3.63) is 59.8 Å². The number of guanidine groups is 1. The molecule has 1 aromatic heterocycles. The monoisotopic (exact) mass is 352 g/mol. The van der Waals surface area contributed by atoms with Crippen LogP contribution >= 0.6 is 0 Å². The minimum absolute atomic E-state index is 0.411. The number of aliphatic imine (C=N–C) groups is 1. The van der Waals surface area contributed by atoms with E-state index in [1.807, 2.05) is 36.5 Å². The second-order valence-electron chi connectivity index (χ2n) is 6.12. The number of anilines is 1. The predicted molar refractivity (Wildman–Crippen MR) is 103 cm³/mol. The normalized spacial score (nSPS) is 15.0. The van der Waals surface area contributed by atoms with E-state index in [1.165, 1.54) is 0 Å². The van der Waals surface area contributed by atoms with Gasteiger partial charge in [0.2, 0.25) is 5.91 Å². The number of carbonyl (C=O) groups excluding carboxylic acids is 1. The van der Waals surface area contributed by atoms with E-state index in [4.69, 9.17) is 5.73 Å². The Kier molecular flexibility index (Phi) is 5.68. The number of hydrogen-bond acceptors (Lipinski definition) is 4. The predicted octanol–water partition coefficient (Wildman–Crippen LogP) is 1.08. The third kappa shape index (κ3) is 4.30. The van der Waals surface area contributed by atoms with Crippen LogP contribution in [-0.4, -0.2) is 55.0 Å². The van der Waals surface area contributed by atoms with E-state index in [0.717, 1.165) is 43.5 Å². The molecule has 0 saturated carbocycles. The maximum absolute atomic E-state index is 11.1. The van der Waals surface area contributed by atoms with Crippen LogP contribution in [0.1, 0.15) is 15.9 Å². The molecule has 1 fully saturated rings. The van der Waals surface area contributed by atoms with E-state index in [2.05, 4.69) is 25.1 Å². The first-order chi connectivity index (χ1) is 12.7. The quantitative estimate of drug-likeness (QED) is 0.635. The molecule has 0 radical (unpaired) electrons. The summed E-state index contributed by atoms with van der Waals surface area (Å²) < 4.78 is 0. The lowest BCUT2D eigenvalue weighted by atomic mass is 10.1. The molecule has 136 valence electrons. The van der Waals surface area contributed by atoms with Gasteiger partial charge in [-0.15, -0.1) is 0 Å². The summed E-state index contributed by atoms with van der Waals surface area (Å²) in [5.41, 5.74) is 6.86. The van der Waals surface area contributed by atoms with Gasteiger partial charge in [-0.25, -0.2) is 4.98 Å². The highest BCUT2D eigenvalue weighted by molar-refractivity contribution is 5.92. The summed E-state index contributed by atoms with van der Waals surface area (Å²) in [6.45, 7) is 4.23. The third-order valence-electron chi connectivity index (χ3n) is 4.45. The maximum Gasteiger partial charge on any atom is 0.248 e. The largest absolute Gasteiger partial charge is 0.366 e. The number of hydrogen-bond donors (Lipinski definition) is 2. The molecule has 1 saturated heterocycles. The SMILES string of the molecule is CN=C(NCc1ccc(C(N)=O)cc1)N1CCN(c2ccccn2)CC1. The minimum Gasteiger partial charge on any atom is -0.366 e. The van der Waals surface area contributed by atoms with Crippen LogP contribution in [-0.2, 0) is 6.54 Å². The zero-order valence-electron chi connectivity index (χ0n) is 14.9. The van der Waals surface area contributed by atoms with Gasteiger partial charge >= 0.3 is 0 Å². The summed E-state index contributed by atoms with van der Waals surface area (Å²) >= 11 is 0. The fourth-order valence-corrected chi connectivity index (χ4v) is 2.99. The molecule has 2 aromatic rings. The van der Waals surface area contributed by atoms with Crippen molar-refractivity contribution in [3.63, 3.8) is 0 Å². The first-order valence-electron chi connectivity index (χ1n) is 8.67. The third-order valence-corrected chi connectivity index (χ3v) is 4.45. The number of nitrogens with one attached hydrogen (secondary N) is 1. The molecule has 3 N–H and O–H groups in total. The van der Waals surface area contributed by atoms with Crippen molar-refractivity contribution in [2.75, 3.05) is 38.1 Å². The van der Waals surface area contributed by atoms with Crippen LogP contribution < -0.4 is 16.0 Å². The van der Waals surface area contributed by atoms with Crippen molar-refractivity contribution in [3.8, 4) is 0 Å². The highest BCUT2D eigenvalue weighted by Gasteiger charge is 2.20. The van der Waals surface area contributed by atoms with Crippen LogP contribution in [0.25, 0.3) is 0 Å². The molecule has 0 atom stereocenters. The number of benzene rings is 1. The van der Waals surface area contributed by atoms with E-state index in [9.17, 15) is 4.79 Å². The van der Waals surface area contributed by atoms with Gasteiger partial charge in [0.25, 0.3) is 0 Å². The Balaban J connectivity index is 1.53. The fourth-order valence-electron chi connectivity index (χ4n) is 2.99. The average Bonchev–Trinajstić information content (AvgIpc) is 2.70. The molecular weight excluding hydrogens is 328 g/mol. The number of primary amides is 1. The average molecular weight is 352 g/mol. The molecule has 3 rings (SSSR count). The molecule has 7 nitrogen and oxygen atoms in total. The molecule has 2 heterocycles. The van der Waals surface area contributed by atoms with Crippen molar-refractivity contribution in [2.45, 2.75) is 6.54 Å². The van der Waals surface area contributed by atoms with Crippen LogP contribution in [0.15, 0.2) is 53.7 Å². The molecule has 7 heteroatoms. The van der Waals surface area contributed by atoms with Crippen LogP contribution in [0.2, 0.25) is 0 Å². The van der Waals surface area contributed by atoms with E-state index in [-0.39, 0.29) is 0 Å². The van der Waals surface area contributed by atoms with Gasteiger partial charge in [-0.2, -0.15) is 0 Å². The molecule has 0 unspecified atom stereocenters. The van der Waals surface area contributed by atoms with Crippen LogP contribution in [0.3, 0.4) is 0 Å². The highest BCUT2D eigenvalue weighted by atomic mass is 16.1. The van der Waals surface area contributed by atoms with Crippen molar-refractivity contribution in [2.24, 2.45) is 10.7 Å². The number of piperazine rings is 1. The first kappa shape index (κ1) is 17.7. The van der Waals surface area contributed by atoms with E-state index in [0.29, 0.717) is 12.1 Å². The van der Waals surface area contributed by atoms with Crippen LogP contribution in [0.4, 0.5) is 5.82 Å². The van der Waals surface area contributed by atoms with E-state index >= 15 is 0 Å². The van der Waals surface area contributed by atoms with Crippen molar-refractivity contribution in [1.29, 1.82) is 0 Å². The molecular formula is C19H24N6O. The molecule has 0 spiro atoms. The van der Waals surface area contributed by atoms with E-state index in [1.54, 1.807) is 19.2 Å². The van der Waals surface area contributed by atoms with Crippen molar-refractivity contribution in [1.82, 2.24) is 15.2 Å². The molecule has 0 bridgehead atoms. The smallest absolute Gasteiger partial charge is 0.248 e. The Morgan fingerprint density at radius 2 is 1.88 bits per heavy atom. The van der Waals surface area contributed by atoms with Crippen LogP contribution in [0.5, 0.6) is 0 Å². The second-order valence-corrected chi connectivity index (χ2v) is 6.12. The van der Waals surface area contributed by atoms with E-state index < -0.39 is 5.91 Å². The Morgan fingerprint density at radius 3 is 2.46 bits per heavy atom. The van der Waals surface area contributed by atoms with Gasteiger partial charge in [0.05, 0.1) is 0 Å². The molecule has 0 aliphatic carbocycles. The summed E-state index contributed by atoms with van der Waals surface area (Å²) in [5, 5.41) is 3.38. The van der Waals surface area contributed by atoms with Gasteiger partial charge in [-0.05, 0) is 29.8 Å². The minimum atomic E-state index is -0.411. The lowest BCUT2D eigenvalue weighted by molar-refractivity contribution is 0.100. The lowest BCUT2D eigenvalue weighted by Crippen LogP contribution is -2.52. The molecule has 1 aliphatic rings. The topological polar surface area (TPSA) is 86.8 Å². The second kappa shape index (κ2) is 8.33. The summed E-state index contributed by atoms with van der Waals surface area (Å²) in [5.74, 6) is 1.49. The Labute approximate surface area is 153 Å². The van der Waals surface area contributed by atoms with Crippen molar-refractivity contribution < 1.29 is 4.79 Å².